The minimum atomic E-state index is 0.307. The molecular weight excluding hydrogens is 266 g/mol. The van der Waals surface area contributed by atoms with Gasteiger partial charge in [-0.05, 0) is 25.7 Å². The Morgan fingerprint density at radius 1 is 1.29 bits per heavy atom. The van der Waals surface area contributed by atoms with Gasteiger partial charge in [0.25, 0.3) is 0 Å². The van der Waals surface area contributed by atoms with Gasteiger partial charge in [-0.15, -0.1) is 0 Å². The molecule has 1 heterocycles. The molecule has 5 heteroatoms. The number of nitrogens with one attached hydrogen (secondary N) is 2. The second kappa shape index (κ2) is 11.8. The van der Waals surface area contributed by atoms with Gasteiger partial charge in [0.05, 0.1) is 19.3 Å². The zero-order chi connectivity index (χ0) is 15.3. The van der Waals surface area contributed by atoms with Crippen LogP contribution in [0.15, 0.2) is 4.99 Å². The topological polar surface area (TPSA) is 54.9 Å². The summed E-state index contributed by atoms with van der Waals surface area (Å²) in [5.74, 6) is 1.57. The van der Waals surface area contributed by atoms with E-state index in [-0.39, 0.29) is 0 Å². The summed E-state index contributed by atoms with van der Waals surface area (Å²) in [4.78, 5) is 4.64. The molecule has 1 rings (SSSR count). The Bertz CT molecular complexity index is 275. The average molecular weight is 299 g/mol. The first kappa shape index (κ1) is 18.2. The van der Waals surface area contributed by atoms with E-state index in [4.69, 9.17) is 9.47 Å². The van der Waals surface area contributed by atoms with Gasteiger partial charge in [-0.2, -0.15) is 0 Å². The third-order valence-corrected chi connectivity index (χ3v) is 3.87. The second-order valence-corrected chi connectivity index (χ2v) is 5.54. The van der Waals surface area contributed by atoms with Crippen LogP contribution in [0.5, 0.6) is 0 Å². The van der Waals surface area contributed by atoms with Crippen molar-refractivity contribution < 1.29 is 9.47 Å². The van der Waals surface area contributed by atoms with Crippen LogP contribution in [0.2, 0.25) is 0 Å². The van der Waals surface area contributed by atoms with Crippen molar-refractivity contribution in [3.8, 4) is 0 Å². The molecule has 0 saturated carbocycles. The van der Waals surface area contributed by atoms with Crippen LogP contribution in [0.4, 0.5) is 0 Å². The van der Waals surface area contributed by atoms with E-state index in [0.29, 0.717) is 25.2 Å². The van der Waals surface area contributed by atoms with Crippen molar-refractivity contribution in [2.24, 2.45) is 10.9 Å². The minimum absolute atomic E-state index is 0.307. The number of nitrogens with zero attached hydrogens (tertiary/aromatic N) is 1. The van der Waals surface area contributed by atoms with Crippen LogP contribution in [0.1, 0.15) is 46.5 Å². The van der Waals surface area contributed by atoms with Crippen LogP contribution in [0.3, 0.4) is 0 Å². The fraction of sp³-hybridized carbons (Fsp3) is 0.938. The Morgan fingerprint density at radius 3 is 2.71 bits per heavy atom. The summed E-state index contributed by atoms with van der Waals surface area (Å²) in [5, 5.41) is 6.60. The molecule has 0 aromatic heterocycles. The maximum atomic E-state index is 5.64. The van der Waals surface area contributed by atoms with Crippen molar-refractivity contribution in [1.29, 1.82) is 0 Å². The maximum Gasteiger partial charge on any atom is 0.191 e. The molecule has 5 nitrogen and oxygen atoms in total. The summed E-state index contributed by atoms with van der Waals surface area (Å²) in [6.45, 7) is 11.4. The summed E-state index contributed by atoms with van der Waals surface area (Å²) in [6.07, 6.45) is 4.97. The quantitative estimate of drug-likeness (QED) is 0.369. The van der Waals surface area contributed by atoms with Crippen LogP contribution >= 0.6 is 0 Å². The molecule has 0 aromatic rings. The number of hydrogen-bond acceptors (Lipinski definition) is 3. The van der Waals surface area contributed by atoms with E-state index in [2.05, 4.69) is 36.4 Å². The molecule has 0 radical (unpaired) electrons. The first-order valence-corrected chi connectivity index (χ1v) is 8.51. The molecule has 2 N–H and O–H groups in total. The van der Waals surface area contributed by atoms with Gasteiger partial charge in [-0.3, -0.25) is 4.99 Å². The third-order valence-electron chi connectivity index (χ3n) is 3.87. The molecule has 124 valence electrons. The van der Waals surface area contributed by atoms with Crippen molar-refractivity contribution in [2.75, 3.05) is 39.5 Å². The Morgan fingerprint density at radius 2 is 2.10 bits per heavy atom. The molecule has 1 aliphatic rings. The van der Waals surface area contributed by atoms with E-state index in [0.717, 1.165) is 38.6 Å². The lowest BCUT2D eigenvalue weighted by atomic mass is 10.0. The van der Waals surface area contributed by atoms with Crippen LogP contribution in [0, 0.1) is 5.92 Å². The number of guanidine groups is 1. The first-order chi connectivity index (χ1) is 10.3. The number of hydrogen-bond donors (Lipinski definition) is 2. The molecule has 21 heavy (non-hydrogen) atoms. The Balaban J connectivity index is 2.15. The van der Waals surface area contributed by atoms with E-state index >= 15 is 0 Å². The van der Waals surface area contributed by atoms with Crippen molar-refractivity contribution in [3.63, 3.8) is 0 Å². The molecule has 0 aromatic carbocycles. The van der Waals surface area contributed by atoms with E-state index in [1.165, 1.54) is 19.3 Å². The molecule has 0 aliphatic carbocycles. The molecule has 0 amide bonds. The molecule has 0 bridgehead atoms. The Labute approximate surface area is 129 Å². The van der Waals surface area contributed by atoms with Gasteiger partial charge in [-0.25, -0.2) is 0 Å². The van der Waals surface area contributed by atoms with Crippen LogP contribution < -0.4 is 10.6 Å². The number of aliphatic imine (C=N–C) groups is 1. The van der Waals surface area contributed by atoms with Gasteiger partial charge < -0.3 is 20.1 Å². The van der Waals surface area contributed by atoms with Gasteiger partial charge in [0.1, 0.15) is 0 Å². The van der Waals surface area contributed by atoms with Gasteiger partial charge in [0.2, 0.25) is 0 Å². The summed E-state index contributed by atoms with van der Waals surface area (Å²) < 4.78 is 11.2. The molecular formula is C16H33N3O2. The lowest BCUT2D eigenvalue weighted by Crippen LogP contribution is -2.39. The van der Waals surface area contributed by atoms with Crippen molar-refractivity contribution in [1.82, 2.24) is 10.6 Å². The maximum absolute atomic E-state index is 5.64. The minimum Gasteiger partial charge on any atom is -0.377 e. The monoisotopic (exact) mass is 299 g/mol. The summed E-state index contributed by atoms with van der Waals surface area (Å²) in [6, 6.07) is 0. The van der Waals surface area contributed by atoms with Crippen LogP contribution in [-0.4, -0.2) is 51.5 Å². The summed E-state index contributed by atoms with van der Waals surface area (Å²) in [7, 11) is 0. The highest BCUT2D eigenvalue weighted by atomic mass is 16.5. The van der Waals surface area contributed by atoms with E-state index in [9.17, 15) is 0 Å². The fourth-order valence-electron chi connectivity index (χ4n) is 2.34. The van der Waals surface area contributed by atoms with Gasteiger partial charge in [0.15, 0.2) is 5.96 Å². The Hall–Kier alpha value is -0.810. The fourth-order valence-corrected chi connectivity index (χ4v) is 2.34. The average Bonchev–Trinajstić information content (AvgIpc) is 3.01. The first-order valence-electron chi connectivity index (χ1n) is 8.51. The molecule has 1 aliphatic heterocycles. The highest BCUT2D eigenvalue weighted by molar-refractivity contribution is 5.79. The van der Waals surface area contributed by atoms with Crippen LogP contribution in [0.25, 0.3) is 0 Å². The summed E-state index contributed by atoms with van der Waals surface area (Å²) >= 11 is 0. The zero-order valence-corrected chi connectivity index (χ0v) is 14.0. The van der Waals surface area contributed by atoms with Gasteiger partial charge in [-0.1, -0.05) is 26.7 Å². The summed E-state index contributed by atoms with van der Waals surface area (Å²) in [5.41, 5.74) is 0. The van der Waals surface area contributed by atoms with Crippen LogP contribution in [-0.2, 0) is 9.47 Å². The highest BCUT2D eigenvalue weighted by Gasteiger charge is 2.14. The normalized spacial score (nSPS) is 19.2. The standard InChI is InChI=1S/C16H33N3O2/c1-4-14(5-2)12-19-16(17-6-3)18-9-11-20-13-15-8-7-10-21-15/h14-15H,4-13H2,1-3H3,(H2,17,18,19). The predicted octanol–water partition coefficient (Wildman–Crippen LogP) is 2.17. The zero-order valence-electron chi connectivity index (χ0n) is 14.0. The molecule has 1 fully saturated rings. The molecule has 0 spiro atoms. The lowest BCUT2D eigenvalue weighted by Gasteiger charge is -2.14. The van der Waals surface area contributed by atoms with Crippen molar-refractivity contribution >= 4 is 5.96 Å². The largest absolute Gasteiger partial charge is 0.377 e. The molecule has 1 atom stereocenters. The Kier molecular flexibility index (Phi) is 10.3. The van der Waals surface area contributed by atoms with E-state index in [1.54, 1.807) is 0 Å². The van der Waals surface area contributed by atoms with Crippen molar-refractivity contribution in [3.05, 3.63) is 0 Å². The smallest absolute Gasteiger partial charge is 0.191 e. The molecule has 1 unspecified atom stereocenters. The predicted molar refractivity (Wildman–Crippen MR) is 87.8 cm³/mol. The number of rotatable bonds is 10. The SMILES string of the molecule is CCNC(=NCC(CC)CC)NCCOCC1CCCO1. The molecule has 1 saturated heterocycles. The van der Waals surface area contributed by atoms with E-state index in [1.807, 2.05) is 0 Å². The highest BCUT2D eigenvalue weighted by Crippen LogP contribution is 2.11. The van der Waals surface area contributed by atoms with Crippen molar-refractivity contribution in [2.45, 2.75) is 52.6 Å². The number of ether oxygens (including phenoxy) is 2. The second-order valence-electron chi connectivity index (χ2n) is 5.54. The van der Waals surface area contributed by atoms with Gasteiger partial charge in [0, 0.05) is 26.2 Å². The van der Waals surface area contributed by atoms with E-state index < -0.39 is 0 Å². The third kappa shape index (κ3) is 8.27. The van der Waals surface area contributed by atoms with Gasteiger partial charge >= 0.3 is 0 Å². The lowest BCUT2D eigenvalue weighted by molar-refractivity contribution is 0.0191.